The highest BCUT2D eigenvalue weighted by atomic mass is 16.5. The Morgan fingerprint density at radius 2 is 2.05 bits per heavy atom. The molecule has 1 aromatic heterocycles. The van der Waals surface area contributed by atoms with Crippen LogP contribution in [0.1, 0.15) is 31.5 Å². The maximum Gasteiger partial charge on any atom is 0.161 e. The molecule has 1 aliphatic carbocycles. The van der Waals surface area contributed by atoms with Gasteiger partial charge in [0.05, 0.1) is 6.10 Å². The molecule has 0 fully saturated rings. The molecule has 1 aromatic carbocycles. The summed E-state index contributed by atoms with van der Waals surface area (Å²) in [7, 11) is 0. The van der Waals surface area contributed by atoms with Gasteiger partial charge in [-0.25, -0.2) is 9.97 Å². The second-order valence-corrected chi connectivity index (χ2v) is 5.41. The van der Waals surface area contributed by atoms with Gasteiger partial charge in [-0.15, -0.1) is 0 Å². The molecule has 0 spiro atoms. The van der Waals surface area contributed by atoms with Crippen LogP contribution in [0.3, 0.4) is 0 Å². The van der Waals surface area contributed by atoms with Crippen LogP contribution in [-0.4, -0.2) is 16.1 Å². The first-order valence-corrected chi connectivity index (χ1v) is 7.06. The zero-order chi connectivity index (χ0) is 14.1. The number of nitrogen functional groups attached to an aromatic ring is 1. The summed E-state index contributed by atoms with van der Waals surface area (Å²) in [4.78, 5) is 9.10. The normalized spacial score (nSPS) is 13.6. The Labute approximate surface area is 119 Å². The molecule has 1 heterocycles. The van der Waals surface area contributed by atoms with Crippen LogP contribution < -0.4 is 10.5 Å². The number of nitrogens with two attached hydrogens (primary N) is 1. The Balaban J connectivity index is 1.99. The maximum absolute atomic E-state index is 6.05. The fourth-order valence-corrected chi connectivity index (χ4v) is 2.57. The number of benzene rings is 1. The van der Waals surface area contributed by atoms with Gasteiger partial charge in [0, 0.05) is 16.8 Å². The van der Waals surface area contributed by atoms with Crippen LogP contribution in [0.2, 0.25) is 0 Å². The fourth-order valence-electron chi connectivity index (χ4n) is 2.57. The van der Waals surface area contributed by atoms with E-state index in [0.29, 0.717) is 11.6 Å². The Morgan fingerprint density at radius 3 is 2.85 bits per heavy atom. The highest BCUT2D eigenvalue weighted by Gasteiger charge is 2.18. The van der Waals surface area contributed by atoms with E-state index in [2.05, 4.69) is 9.97 Å². The smallest absolute Gasteiger partial charge is 0.161 e. The Bertz CT molecular complexity index is 638. The summed E-state index contributed by atoms with van der Waals surface area (Å²) in [6.45, 7) is 4.02. The minimum atomic E-state index is 0.149. The van der Waals surface area contributed by atoms with Gasteiger partial charge in [-0.1, -0.05) is 12.1 Å². The second-order valence-electron chi connectivity index (χ2n) is 5.41. The average Bonchev–Trinajstić information content (AvgIpc) is 2.87. The molecular weight excluding hydrogens is 250 g/mol. The topological polar surface area (TPSA) is 61.0 Å². The summed E-state index contributed by atoms with van der Waals surface area (Å²) in [5, 5.41) is 0. The van der Waals surface area contributed by atoms with Crippen molar-refractivity contribution in [1.82, 2.24) is 9.97 Å². The van der Waals surface area contributed by atoms with E-state index in [1.54, 1.807) is 0 Å². The van der Waals surface area contributed by atoms with Crippen LogP contribution in [0.15, 0.2) is 24.3 Å². The predicted molar refractivity (Wildman–Crippen MR) is 79.7 cm³/mol. The van der Waals surface area contributed by atoms with Gasteiger partial charge in [-0.05, 0) is 45.2 Å². The van der Waals surface area contributed by atoms with Gasteiger partial charge in [0.2, 0.25) is 0 Å². The fraction of sp³-hybridized carbons (Fsp3) is 0.375. The van der Waals surface area contributed by atoms with Crippen molar-refractivity contribution < 1.29 is 4.74 Å². The minimum Gasteiger partial charge on any atom is -0.491 e. The van der Waals surface area contributed by atoms with E-state index in [-0.39, 0.29) is 6.10 Å². The van der Waals surface area contributed by atoms with E-state index in [1.165, 1.54) is 0 Å². The molecule has 1 aliphatic rings. The number of fused-ring (bicyclic) bond motifs is 1. The number of anilines is 1. The van der Waals surface area contributed by atoms with Gasteiger partial charge >= 0.3 is 0 Å². The van der Waals surface area contributed by atoms with Crippen molar-refractivity contribution in [3.05, 3.63) is 35.5 Å². The molecule has 0 saturated heterocycles. The van der Waals surface area contributed by atoms with Crippen molar-refractivity contribution in [1.29, 1.82) is 0 Å². The number of hydrogen-bond donors (Lipinski definition) is 1. The van der Waals surface area contributed by atoms with Crippen molar-refractivity contribution in [3.63, 3.8) is 0 Å². The number of aromatic nitrogens is 2. The third-order valence-electron chi connectivity index (χ3n) is 3.43. The lowest BCUT2D eigenvalue weighted by Crippen LogP contribution is -2.06. The van der Waals surface area contributed by atoms with Crippen LogP contribution in [0, 0.1) is 0 Å². The molecule has 0 atom stereocenters. The van der Waals surface area contributed by atoms with Gasteiger partial charge in [-0.2, -0.15) is 0 Å². The molecule has 3 rings (SSSR count). The van der Waals surface area contributed by atoms with E-state index >= 15 is 0 Å². The molecule has 4 nitrogen and oxygen atoms in total. The Morgan fingerprint density at radius 1 is 1.20 bits per heavy atom. The molecule has 20 heavy (non-hydrogen) atoms. The van der Waals surface area contributed by atoms with Crippen LogP contribution in [0.5, 0.6) is 5.75 Å². The van der Waals surface area contributed by atoms with Crippen molar-refractivity contribution in [2.75, 3.05) is 5.73 Å². The highest BCUT2D eigenvalue weighted by Crippen LogP contribution is 2.28. The quantitative estimate of drug-likeness (QED) is 0.930. The maximum atomic E-state index is 6.05. The van der Waals surface area contributed by atoms with Gasteiger partial charge in [0.25, 0.3) is 0 Å². The van der Waals surface area contributed by atoms with Gasteiger partial charge in [0.15, 0.2) is 5.82 Å². The lowest BCUT2D eigenvalue weighted by atomic mass is 10.1. The molecule has 0 aliphatic heterocycles. The Hall–Kier alpha value is -2.10. The largest absolute Gasteiger partial charge is 0.491 e. The summed E-state index contributed by atoms with van der Waals surface area (Å²) >= 11 is 0. The van der Waals surface area contributed by atoms with Crippen molar-refractivity contribution >= 4 is 5.82 Å². The molecule has 2 aromatic rings. The van der Waals surface area contributed by atoms with Crippen LogP contribution >= 0.6 is 0 Å². The predicted octanol–water partition coefficient (Wildman–Crippen LogP) is 3.00. The first kappa shape index (κ1) is 12.9. The van der Waals surface area contributed by atoms with E-state index in [9.17, 15) is 0 Å². The Kier molecular flexibility index (Phi) is 3.30. The summed E-state index contributed by atoms with van der Waals surface area (Å²) in [6, 6.07) is 7.86. The number of nitrogens with zero attached hydrogens (tertiary/aromatic N) is 2. The monoisotopic (exact) mass is 269 g/mol. The van der Waals surface area contributed by atoms with E-state index < -0.39 is 0 Å². The van der Waals surface area contributed by atoms with Crippen molar-refractivity contribution in [2.24, 2.45) is 0 Å². The zero-order valence-corrected chi connectivity index (χ0v) is 11.9. The molecule has 0 saturated carbocycles. The van der Waals surface area contributed by atoms with E-state index in [0.717, 1.165) is 41.8 Å². The summed E-state index contributed by atoms with van der Waals surface area (Å²) in [5.74, 6) is 2.15. The summed E-state index contributed by atoms with van der Waals surface area (Å²) < 4.78 is 5.71. The molecule has 0 unspecified atom stereocenters. The molecule has 0 bridgehead atoms. The molecular formula is C16H19N3O. The number of rotatable bonds is 3. The first-order chi connectivity index (χ1) is 9.63. The number of ether oxygens (including phenoxy) is 1. The van der Waals surface area contributed by atoms with Crippen molar-refractivity contribution in [2.45, 2.75) is 39.2 Å². The third kappa shape index (κ3) is 2.46. The van der Waals surface area contributed by atoms with E-state index in [1.807, 2.05) is 38.1 Å². The minimum absolute atomic E-state index is 0.149. The van der Waals surface area contributed by atoms with Gasteiger partial charge < -0.3 is 10.5 Å². The van der Waals surface area contributed by atoms with Gasteiger partial charge in [-0.3, -0.25) is 0 Å². The van der Waals surface area contributed by atoms with Crippen LogP contribution in [-0.2, 0) is 12.8 Å². The summed E-state index contributed by atoms with van der Waals surface area (Å²) in [5.41, 5.74) is 9.22. The second kappa shape index (κ2) is 5.12. The number of hydrogen-bond acceptors (Lipinski definition) is 4. The molecule has 4 heteroatoms. The standard InChI is InChI=1S/C16H19N3O/c1-10(2)20-12-6-3-5-11(9-12)16-18-14-8-4-7-13(14)15(17)19-16/h3,5-6,9-10H,4,7-8H2,1-2H3,(H2,17,18,19). The lowest BCUT2D eigenvalue weighted by molar-refractivity contribution is 0.242. The van der Waals surface area contributed by atoms with E-state index in [4.69, 9.17) is 10.5 Å². The zero-order valence-electron chi connectivity index (χ0n) is 11.9. The lowest BCUT2D eigenvalue weighted by Gasteiger charge is -2.11. The van der Waals surface area contributed by atoms with Crippen LogP contribution in [0.25, 0.3) is 11.4 Å². The average molecular weight is 269 g/mol. The number of aryl methyl sites for hydroxylation is 1. The molecule has 0 amide bonds. The third-order valence-corrected chi connectivity index (χ3v) is 3.43. The molecule has 0 radical (unpaired) electrons. The van der Waals surface area contributed by atoms with Crippen LogP contribution in [0.4, 0.5) is 5.82 Å². The first-order valence-electron chi connectivity index (χ1n) is 7.06. The van der Waals surface area contributed by atoms with Gasteiger partial charge in [0.1, 0.15) is 11.6 Å². The molecule has 104 valence electrons. The highest BCUT2D eigenvalue weighted by molar-refractivity contribution is 5.61. The van der Waals surface area contributed by atoms with Crippen molar-refractivity contribution in [3.8, 4) is 17.1 Å². The molecule has 2 N–H and O–H groups in total. The summed E-state index contributed by atoms with van der Waals surface area (Å²) in [6.07, 6.45) is 3.26. The SMILES string of the molecule is CC(C)Oc1cccc(-c2nc(N)c3c(n2)CCC3)c1.